The summed E-state index contributed by atoms with van der Waals surface area (Å²) >= 11 is 5.64. The van der Waals surface area contributed by atoms with Crippen LogP contribution >= 0.6 is 11.6 Å². The third kappa shape index (κ3) is 3.71. The van der Waals surface area contributed by atoms with E-state index < -0.39 is 5.97 Å². The molecule has 1 amide bonds. The fourth-order valence-corrected chi connectivity index (χ4v) is 2.16. The third-order valence-corrected chi connectivity index (χ3v) is 3.29. The van der Waals surface area contributed by atoms with Crippen LogP contribution in [-0.2, 0) is 4.79 Å². The Balaban J connectivity index is 1.83. The Bertz CT molecular complexity index is 466. The lowest BCUT2D eigenvalue weighted by Gasteiger charge is -2.33. The molecule has 1 fully saturated rings. The number of aliphatic carboxylic acids is 1. The summed E-state index contributed by atoms with van der Waals surface area (Å²) in [5.41, 5.74) is 0. The van der Waals surface area contributed by atoms with Crippen LogP contribution in [0.5, 0.6) is 0 Å². The van der Waals surface area contributed by atoms with Crippen molar-refractivity contribution in [2.75, 3.05) is 32.7 Å². The Morgan fingerprint density at radius 1 is 1.26 bits per heavy atom. The summed E-state index contributed by atoms with van der Waals surface area (Å²) in [5, 5.41) is 8.82. The Kier molecular flexibility index (Phi) is 4.44. The van der Waals surface area contributed by atoms with Gasteiger partial charge in [-0.1, -0.05) is 0 Å². The standard InChI is InChI=1S/C12H15ClN2O4/c13-10-2-1-9(19-10)12(18)15-7-5-14(6-8-15)4-3-11(16)17/h1-2H,3-8H2,(H,16,17). The van der Waals surface area contributed by atoms with E-state index in [2.05, 4.69) is 0 Å². The minimum absolute atomic E-state index is 0.127. The van der Waals surface area contributed by atoms with E-state index in [-0.39, 0.29) is 23.3 Å². The number of carboxylic acids is 1. The highest BCUT2D eigenvalue weighted by Gasteiger charge is 2.24. The van der Waals surface area contributed by atoms with Gasteiger partial charge in [0.15, 0.2) is 11.0 Å². The lowest BCUT2D eigenvalue weighted by Crippen LogP contribution is -2.49. The molecule has 0 radical (unpaired) electrons. The van der Waals surface area contributed by atoms with Gasteiger partial charge in [0.25, 0.3) is 5.91 Å². The van der Waals surface area contributed by atoms with E-state index in [4.69, 9.17) is 21.1 Å². The maximum absolute atomic E-state index is 12.0. The maximum atomic E-state index is 12.0. The second-order valence-electron chi connectivity index (χ2n) is 4.38. The molecule has 1 aliphatic heterocycles. The monoisotopic (exact) mass is 286 g/mol. The highest BCUT2D eigenvalue weighted by atomic mass is 35.5. The Labute approximate surface area is 115 Å². The van der Waals surface area contributed by atoms with Crippen molar-refractivity contribution in [3.63, 3.8) is 0 Å². The molecule has 0 unspecified atom stereocenters. The molecule has 1 aromatic heterocycles. The zero-order valence-electron chi connectivity index (χ0n) is 10.3. The number of amides is 1. The van der Waals surface area contributed by atoms with E-state index in [0.717, 1.165) is 0 Å². The van der Waals surface area contributed by atoms with Gasteiger partial charge in [0.05, 0.1) is 6.42 Å². The van der Waals surface area contributed by atoms with Gasteiger partial charge in [-0.2, -0.15) is 0 Å². The fraction of sp³-hybridized carbons (Fsp3) is 0.500. The molecule has 6 nitrogen and oxygen atoms in total. The first-order valence-electron chi connectivity index (χ1n) is 6.05. The number of furan rings is 1. The predicted octanol–water partition coefficient (Wildman–Crippen LogP) is 1.17. The molecule has 104 valence electrons. The van der Waals surface area contributed by atoms with Gasteiger partial charge in [-0.05, 0) is 23.7 Å². The van der Waals surface area contributed by atoms with Crippen LogP contribution in [0.2, 0.25) is 5.22 Å². The zero-order chi connectivity index (χ0) is 13.8. The molecular weight excluding hydrogens is 272 g/mol. The zero-order valence-corrected chi connectivity index (χ0v) is 11.1. The fourth-order valence-electron chi connectivity index (χ4n) is 2.01. The summed E-state index contributed by atoms with van der Waals surface area (Å²) in [5.74, 6) is -0.738. The number of carbonyl (C=O) groups is 2. The minimum Gasteiger partial charge on any atom is -0.481 e. The number of carbonyl (C=O) groups excluding carboxylic acids is 1. The highest BCUT2D eigenvalue weighted by molar-refractivity contribution is 6.29. The molecule has 0 aromatic carbocycles. The first-order chi connectivity index (χ1) is 9.06. The molecule has 0 bridgehead atoms. The second-order valence-corrected chi connectivity index (χ2v) is 4.75. The largest absolute Gasteiger partial charge is 0.481 e. The van der Waals surface area contributed by atoms with Gasteiger partial charge in [-0.15, -0.1) is 0 Å². The van der Waals surface area contributed by atoms with E-state index in [1.165, 1.54) is 6.07 Å². The quantitative estimate of drug-likeness (QED) is 0.899. The molecule has 19 heavy (non-hydrogen) atoms. The summed E-state index contributed by atoms with van der Waals surface area (Å²) in [6.07, 6.45) is 0.127. The van der Waals surface area contributed by atoms with E-state index in [1.54, 1.807) is 11.0 Å². The van der Waals surface area contributed by atoms with Gasteiger partial charge < -0.3 is 14.4 Å². The van der Waals surface area contributed by atoms with Crippen molar-refractivity contribution in [1.82, 2.24) is 9.80 Å². The van der Waals surface area contributed by atoms with E-state index in [9.17, 15) is 9.59 Å². The topological polar surface area (TPSA) is 74.0 Å². The molecule has 2 heterocycles. The van der Waals surface area contributed by atoms with Crippen molar-refractivity contribution in [2.24, 2.45) is 0 Å². The highest BCUT2D eigenvalue weighted by Crippen LogP contribution is 2.16. The van der Waals surface area contributed by atoms with Crippen LogP contribution in [0.25, 0.3) is 0 Å². The average Bonchev–Trinajstić information content (AvgIpc) is 2.83. The van der Waals surface area contributed by atoms with Crippen molar-refractivity contribution in [1.29, 1.82) is 0 Å². The molecule has 0 aliphatic carbocycles. The number of nitrogens with zero attached hydrogens (tertiary/aromatic N) is 2. The predicted molar refractivity (Wildman–Crippen MR) is 68.3 cm³/mol. The average molecular weight is 287 g/mol. The van der Waals surface area contributed by atoms with Crippen LogP contribution in [0.4, 0.5) is 0 Å². The first-order valence-corrected chi connectivity index (χ1v) is 6.43. The number of piperazine rings is 1. The minimum atomic E-state index is -0.802. The molecule has 1 N–H and O–H groups in total. The van der Waals surface area contributed by atoms with Crippen molar-refractivity contribution < 1.29 is 19.1 Å². The lowest BCUT2D eigenvalue weighted by molar-refractivity contribution is -0.137. The summed E-state index contributed by atoms with van der Waals surface area (Å²) in [6, 6.07) is 3.10. The van der Waals surface area contributed by atoms with Crippen molar-refractivity contribution in [2.45, 2.75) is 6.42 Å². The van der Waals surface area contributed by atoms with Gasteiger partial charge in [0, 0.05) is 32.7 Å². The van der Waals surface area contributed by atoms with Gasteiger partial charge >= 0.3 is 5.97 Å². The molecule has 0 spiro atoms. The number of carboxylic acid groups (broad SMARTS) is 1. The molecule has 2 rings (SSSR count). The van der Waals surface area contributed by atoms with Crippen LogP contribution in [0.3, 0.4) is 0 Å². The first kappa shape index (κ1) is 13.9. The van der Waals surface area contributed by atoms with Gasteiger partial charge in [0.2, 0.25) is 0 Å². The molecule has 7 heteroatoms. The maximum Gasteiger partial charge on any atom is 0.304 e. The number of rotatable bonds is 4. The van der Waals surface area contributed by atoms with Gasteiger partial charge in [0.1, 0.15) is 0 Å². The molecule has 0 saturated carbocycles. The summed E-state index contributed by atoms with van der Waals surface area (Å²) < 4.78 is 5.09. The molecule has 0 atom stereocenters. The summed E-state index contributed by atoms with van der Waals surface area (Å²) in [7, 11) is 0. The SMILES string of the molecule is O=C(O)CCN1CCN(C(=O)c2ccc(Cl)o2)CC1. The lowest BCUT2D eigenvalue weighted by atomic mass is 10.2. The summed E-state index contributed by atoms with van der Waals surface area (Å²) in [4.78, 5) is 26.3. The number of halogens is 1. The molecule has 1 saturated heterocycles. The van der Waals surface area contributed by atoms with Crippen LogP contribution < -0.4 is 0 Å². The Morgan fingerprint density at radius 3 is 2.47 bits per heavy atom. The van der Waals surface area contributed by atoms with E-state index in [1.807, 2.05) is 4.90 Å². The summed E-state index contributed by atoms with van der Waals surface area (Å²) in [6.45, 7) is 3.00. The van der Waals surface area contributed by atoms with Crippen LogP contribution in [0, 0.1) is 0 Å². The number of hydrogen-bond donors (Lipinski definition) is 1. The Morgan fingerprint density at radius 2 is 1.95 bits per heavy atom. The van der Waals surface area contributed by atoms with Crippen LogP contribution in [0.15, 0.2) is 16.5 Å². The molecule has 1 aliphatic rings. The van der Waals surface area contributed by atoms with Gasteiger partial charge in [-0.25, -0.2) is 0 Å². The van der Waals surface area contributed by atoms with Gasteiger partial charge in [-0.3, -0.25) is 14.5 Å². The van der Waals surface area contributed by atoms with E-state index in [0.29, 0.717) is 32.7 Å². The van der Waals surface area contributed by atoms with E-state index >= 15 is 0 Å². The van der Waals surface area contributed by atoms with Crippen LogP contribution in [0.1, 0.15) is 17.0 Å². The third-order valence-electron chi connectivity index (χ3n) is 3.09. The normalized spacial score (nSPS) is 16.6. The number of hydrogen-bond acceptors (Lipinski definition) is 4. The van der Waals surface area contributed by atoms with Crippen molar-refractivity contribution in [3.05, 3.63) is 23.1 Å². The van der Waals surface area contributed by atoms with Crippen LogP contribution in [-0.4, -0.2) is 59.5 Å². The van der Waals surface area contributed by atoms with Crippen molar-refractivity contribution >= 4 is 23.5 Å². The molecular formula is C12H15ClN2O4. The Hall–Kier alpha value is -1.53. The van der Waals surface area contributed by atoms with Crippen molar-refractivity contribution in [3.8, 4) is 0 Å². The second kappa shape index (κ2) is 6.08. The smallest absolute Gasteiger partial charge is 0.304 e. The molecule has 1 aromatic rings.